The lowest BCUT2D eigenvalue weighted by atomic mass is 10.2. The summed E-state index contributed by atoms with van der Waals surface area (Å²) in [5.41, 5.74) is 0.229. The first-order valence-corrected chi connectivity index (χ1v) is 7.33. The second-order valence-corrected chi connectivity index (χ2v) is 5.18. The van der Waals surface area contributed by atoms with Crippen LogP contribution in [-0.4, -0.2) is 37.0 Å². The van der Waals surface area contributed by atoms with Crippen LogP contribution in [0, 0.1) is 13.8 Å². The summed E-state index contributed by atoms with van der Waals surface area (Å²) < 4.78 is 8.05. The van der Waals surface area contributed by atoms with E-state index in [0.717, 1.165) is 0 Å². The summed E-state index contributed by atoms with van der Waals surface area (Å²) in [5.74, 6) is 1.47. The molecule has 3 aromatic rings. The zero-order valence-electron chi connectivity index (χ0n) is 13.3. The van der Waals surface area contributed by atoms with Crippen molar-refractivity contribution in [3.05, 3.63) is 58.3 Å². The Bertz CT molecular complexity index is 910. The molecule has 1 amide bonds. The molecule has 24 heavy (non-hydrogen) atoms. The number of aryl methyl sites for hydroxylation is 2. The van der Waals surface area contributed by atoms with Crippen LogP contribution in [0.5, 0.6) is 0 Å². The molecule has 0 saturated heterocycles. The second-order valence-electron chi connectivity index (χ2n) is 5.18. The Morgan fingerprint density at radius 2 is 2.17 bits per heavy atom. The largest absolute Gasteiger partial charge is 0.466 e. The standard InChI is InChI=1S/C15H16N6O3/c1-10-7-12(11(2)24-10)15(23)17-5-6-20-14(22)4-3-13(19-20)21-9-16-8-18-21/h3-4,7-9H,5-6H2,1-2H3,(H,17,23). The first-order chi connectivity index (χ1) is 11.5. The molecule has 3 rings (SSSR count). The number of nitrogens with one attached hydrogen (secondary N) is 1. The Labute approximate surface area is 136 Å². The quantitative estimate of drug-likeness (QED) is 0.729. The summed E-state index contributed by atoms with van der Waals surface area (Å²) in [6, 6.07) is 4.64. The molecular formula is C15H16N6O3. The van der Waals surface area contributed by atoms with Crippen LogP contribution in [-0.2, 0) is 6.54 Å². The molecule has 124 valence electrons. The number of hydrogen-bond donors (Lipinski definition) is 1. The van der Waals surface area contributed by atoms with Gasteiger partial charge >= 0.3 is 0 Å². The van der Waals surface area contributed by atoms with Crippen molar-refractivity contribution < 1.29 is 9.21 Å². The van der Waals surface area contributed by atoms with Crippen molar-refractivity contribution in [1.82, 2.24) is 29.9 Å². The Balaban J connectivity index is 1.66. The molecule has 0 saturated carbocycles. The second kappa shape index (κ2) is 6.49. The van der Waals surface area contributed by atoms with Crippen molar-refractivity contribution in [2.24, 2.45) is 0 Å². The van der Waals surface area contributed by atoms with Gasteiger partial charge in [-0.15, -0.1) is 5.10 Å². The highest BCUT2D eigenvalue weighted by Gasteiger charge is 2.13. The van der Waals surface area contributed by atoms with Crippen molar-refractivity contribution in [2.45, 2.75) is 20.4 Å². The van der Waals surface area contributed by atoms with Gasteiger partial charge in [-0.05, 0) is 26.0 Å². The zero-order valence-corrected chi connectivity index (χ0v) is 13.3. The number of nitrogens with zero attached hydrogens (tertiary/aromatic N) is 5. The van der Waals surface area contributed by atoms with E-state index in [1.54, 1.807) is 26.0 Å². The maximum absolute atomic E-state index is 12.1. The Hall–Kier alpha value is -3.23. The van der Waals surface area contributed by atoms with Crippen molar-refractivity contribution in [3.8, 4) is 5.82 Å². The van der Waals surface area contributed by atoms with Crippen LogP contribution in [0.3, 0.4) is 0 Å². The molecule has 0 aliphatic rings. The maximum atomic E-state index is 12.1. The van der Waals surface area contributed by atoms with E-state index in [2.05, 4.69) is 20.5 Å². The van der Waals surface area contributed by atoms with Gasteiger partial charge in [-0.1, -0.05) is 0 Å². The monoisotopic (exact) mass is 328 g/mol. The van der Waals surface area contributed by atoms with Gasteiger partial charge in [0, 0.05) is 12.6 Å². The van der Waals surface area contributed by atoms with E-state index in [-0.39, 0.29) is 24.6 Å². The van der Waals surface area contributed by atoms with Crippen molar-refractivity contribution in [3.63, 3.8) is 0 Å². The molecule has 0 bridgehead atoms. The molecule has 0 aromatic carbocycles. The van der Waals surface area contributed by atoms with E-state index in [1.165, 1.54) is 28.1 Å². The van der Waals surface area contributed by atoms with E-state index in [0.29, 0.717) is 22.9 Å². The van der Waals surface area contributed by atoms with Crippen LogP contribution >= 0.6 is 0 Å². The van der Waals surface area contributed by atoms with Crippen LogP contribution in [0.15, 0.2) is 40.1 Å². The molecule has 0 unspecified atom stereocenters. The van der Waals surface area contributed by atoms with Gasteiger partial charge in [0.25, 0.3) is 11.5 Å². The van der Waals surface area contributed by atoms with E-state index in [1.807, 2.05) is 0 Å². The highest BCUT2D eigenvalue weighted by Crippen LogP contribution is 2.13. The maximum Gasteiger partial charge on any atom is 0.266 e. The zero-order chi connectivity index (χ0) is 17.1. The van der Waals surface area contributed by atoms with Crippen LogP contribution < -0.4 is 10.9 Å². The molecule has 0 aliphatic carbocycles. The minimum Gasteiger partial charge on any atom is -0.466 e. The SMILES string of the molecule is Cc1cc(C(=O)NCCn2nc(-n3cncn3)ccc2=O)c(C)o1. The van der Waals surface area contributed by atoms with E-state index in [9.17, 15) is 9.59 Å². The van der Waals surface area contributed by atoms with Crippen LogP contribution in [0.4, 0.5) is 0 Å². The summed E-state index contributed by atoms with van der Waals surface area (Å²) in [4.78, 5) is 27.8. The molecule has 3 heterocycles. The molecule has 3 aromatic heterocycles. The third-order valence-corrected chi connectivity index (χ3v) is 3.40. The lowest BCUT2D eigenvalue weighted by molar-refractivity contribution is 0.0950. The van der Waals surface area contributed by atoms with Gasteiger partial charge in [-0.3, -0.25) is 9.59 Å². The summed E-state index contributed by atoms with van der Waals surface area (Å²) in [7, 11) is 0. The molecule has 9 heteroatoms. The van der Waals surface area contributed by atoms with E-state index in [4.69, 9.17) is 4.42 Å². The highest BCUT2D eigenvalue weighted by molar-refractivity contribution is 5.95. The van der Waals surface area contributed by atoms with E-state index >= 15 is 0 Å². The first-order valence-electron chi connectivity index (χ1n) is 7.33. The number of carbonyl (C=O) groups is 1. The third-order valence-electron chi connectivity index (χ3n) is 3.40. The first kappa shape index (κ1) is 15.7. The average molecular weight is 328 g/mol. The molecule has 0 aliphatic heterocycles. The normalized spacial score (nSPS) is 10.8. The summed E-state index contributed by atoms with van der Waals surface area (Å²) in [5, 5.41) is 10.9. The smallest absolute Gasteiger partial charge is 0.266 e. The number of aromatic nitrogens is 5. The molecule has 0 radical (unpaired) electrons. The van der Waals surface area contributed by atoms with Gasteiger partial charge in [0.2, 0.25) is 0 Å². The van der Waals surface area contributed by atoms with Crippen LogP contribution in [0.2, 0.25) is 0 Å². The van der Waals surface area contributed by atoms with Gasteiger partial charge in [-0.2, -0.15) is 5.10 Å². The molecule has 9 nitrogen and oxygen atoms in total. The third kappa shape index (κ3) is 3.24. The summed E-state index contributed by atoms with van der Waals surface area (Å²) in [6.45, 7) is 4.01. The predicted octanol–water partition coefficient (Wildman–Crippen LogP) is 0.464. The Kier molecular flexibility index (Phi) is 4.23. The van der Waals surface area contributed by atoms with Gasteiger partial charge < -0.3 is 9.73 Å². The van der Waals surface area contributed by atoms with Gasteiger partial charge in [0.15, 0.2) is 5.82 Å². The minimum absolute atomic E-state index is 0.239. The fraction of sp³-hybridized carbons (Fsp3) is 0.267. The van der Waals surface area contributed by atoms with Crippen molar-refractivity contribution in [2.75, 3.05) is 6.54 Å². The topological polar surface area (TPSA) is 108 Å². The summed E-state index contributed by atoms with van der Waals surface area (Å²) in [6.07, 6.45) is 2.87. The summed E-state index contributed by atoms with van der Waals surface area (Å²) >= 11 is 0. The van der Waals surface area contributed by atoms with Crippen molar-refractivity contribution in [1.29, 1.82) is 0 Å². The van der Waals surface area contributed by atoms with Gasteiger partial charge in [0.1, 0.15) is 24.2 Å². The number of carbonyl (C=O) groups excluding carboxylic acids is 1. The Morgan fingerprint density at radius 3 is 2.83 bits per heavy atom. The average Bonchev–Trinajstić information content (AvgIpc) is 3.18. The molecule has 0 fully saturated rings. The van der Waals surface area contributed by atoms with E-state index < -0.39 is 0 Å². The minimum atomic E-state index is -0.261. The fourth-order valence-electron chi connectivity index (χ4n) is 2.27. The van der Waals surface area contributed by atoms with Crippen LogP contribution in [0.1, 0.15) is 21.9 Å². The Morgan fingerprint density at radius 1 is 1.33 bits per heavy atom. The fourth-order valence-corrected chi connectivity index (χ4v) is 2.27. The molecule has 1 N–H and O–H groups in total. The van der Waals surface area contributed by atoms with Crippen molar-refractivity contribution >= 4 is 5.91 Å². The molecule has 0 atom stereocenters. The number of amides is 1. The predicted molar refractivity (Wildman–Crippen MR) is 83.9 cm³/mol. The molecular weight excluding hydrogens is 312 g/mol. The lowest BCUT2D eigenvalue weighted by Gasteiger charge is -2.08. The highest BCUT2D eigenvalue weighted by atomic mass is 16.3. The van der Waals surface area contributed by atoms with Gasteiger partial charge in [-0.25, -0.2) is 14.3 Å². The number of furan rings is 1. The van der Waals surface area contributed by atoms with Crippen LogP contribution in [0.25, 0.3) is 5.82 Å². The number of hydrogen-bond acceptors (Lipinski definition) is 6. The molecule has 0 spiro atoms. The lowest BCUT2D eigenvalue weighted by Crippen LogP contribution is -2.32. The number of rotatable bonds is 5. The van der Waals surface area contributed by atoms with Gasteiger partial charge in [0.05, 0.1) is 12.1 Å².